The number of carbonyl (C=O) groups excluding carboxylic acids is 1. The Hall–Kier alpha value is -1.04. The maximum atomic E-state index is 10.4. The SMILES string of the molecule is O=C1CC(C(=O)O)O[B]O1. The molecule has 53 valence electrons. The fraction of sp³-hybridized carbons (Fsp3) is 0.500. The van der Waals surface area contributed by atoms with Crippen molar-refractivity contribution in [3.05, 3.63) is 0 Å². The van der Waals surface area contributed by atoms with Crippen molar-refractivity contribution >= 4 is 19.6 Å². The minimum Gasteiger partial charge on any atom is -0.511 e. The molecule has 0 saturated carbocycles. The highest BCUT2D eigenvalue weighted by atomic mass is 16.6. The van der Waals surface area contributed by atoms with Crippen molar-refractivity contribution in [2.45, 2.75) is 12.5 Å². The van der Waals surface area contributed by atoms with E-state index in [2.05, 4.69) is 9.31 Å². The highest BCUT2D eigenvalue weighted by Crippen LogP contribution is 2.05. The molecule has 1 fully saturated rings. The van der Waals surface area contributed by atoms with E-state index in [0.717, 1.165) is 7.69 Å². The molecule has 1 N–H and O–H groups in total. The molecule has 1 saturated heterocycles. The van der Waals surface area contributed by atoms with Crippen LogP contribution in [0.4, 0.5) is 0 Å². The van der Waals surface area contributed by atoms with E-state index in [9.17, 15) is 9.59 Å². The van der Waals surface area contributed by atoms with Crippen LogP contribution in [0.3, 0.4) is 0 Å². The number of carboxylic acid groups (broad SMARTS) is 1. The third-order valence-corrected chi connectivity index (χ3v) is 1.03. The van der Waals surface area contributed by atoms with Gasteiger partial charge in [-0.3, -0.25) is 4.79 Å². The average Bonchev–Trinajstić information content (AvgIpc) is 1.88. The van der Waals surface area contributed by atoms with Gasteiger partial charge in [-0.15, -0.1) is 0 Å². The molecule has 6 heteroatoms. The van der Waals surface area contributed by atoms with E-state index < -0.39 is 18.0 Å². The Balaban J connectivity index is 2.47. The first-order valence-electron chi connectivity index (χ1n) is 2.59. The molecule has 1 aliphatic heterocycles. The summed E-state index contributed by atoms with van der Waals surface area (Å²) >= 11 is 0. The number of rotatable bonds is 1. The lowest BCUT2D eigenvalue weighted by Gasteiger charge is -2.16. The molecule has 1 heterocycles. The molecule has 0 aromatic carbocycles. The van der Waals surface area contributed by atoms with Crippen molar-refractivity contribution in [1.29, 1.82) is 0 Å². The second-order valence-electron chi connectivity index (χ2n) is 1.75. The Kier molecular flexibility index (Phi) is 1.91. The summed E-state index contributed by atoms with van der Waals surface area (Å²) in [5.41, 5.74) is 0. The lowest BCUT2D eigenvalue weighted by molar-refractivity contribution is -0.155. The van der Waals surface area contributed by atoms with Gasteiger partial charge in [0.25, 0.3) is 5.97 Å². The van der Waals surface area contributed by atoms with E-state index in [0.29, 0.717) is 0 Å². The van der Waals surface area contributed by atoms with E-state index in [1.807, 2.05) is 0 Å². The summed E-state index contributed by atoms with van der Waals surface area (Å²) < 4.78 is 8.65. The van der Waals surface area contributed by atoms with Crippen LogP contribution in [0, 0.1) is 0 Å². The van der Waals surface area contributed by atoms with Gasteiger partial charge in [0.2, 0.25) is 0 Å². The number of carbonyl (C=O) groups is 2. The van der Waals surface area contributed by atoms with Gasteiger partial charge in [-0.05, 0) is 0 Å². The van der Waals surface area contributed by atoms with Crippen LogP contribution in [0.5, 0.6) is 0 Å². The Morgan fingerprint density at radius 2 is 2.50 bits per heavy atom. The molecule has 1 radical (unpaired) electrons. The highest BCUT2D eigenvalue weighted by Gasteiger charge is 2.28. The van der Waals surface area contributed by atoms with Crippen LogP contribution in [0.1, 0.15) is 6.42 Å². The first-order chi connectivity index (χ1) is 4.70. The second kappa shape index (κ2) is 2.70. The molecule has 5 nitrogen and oxygen atoms in total. The van der Waals surface area contributed by atoms with Crippen LogP contribution >= 0.6 is 0 Å². The zero-order chi connectivity index (χ0) is 7.56. The van der Waals surface area contributed by atoms with Gasteiger partial charge in [0, 0.05) is 0 Å². The monoisotopic (exact) mass is 143 g/mol. The first kappa shape index (κ1) is 7.08. The van der Waals surface area contributed by atoms with Gasteiger partial charge in [0.1, 0.15) is 0 Å². The van der Waals surface area contributed by atoms with Gasteiger partial charge in [-0.25, -0.2) is 4.79 Å². The van der Waals surface area contributed by atoms with Gasteiger partial charge in [-0.2, -0.15) is 0 Å². The van der Waals surface area contributed by atoms with Crippen molar-refractivity contribution in [3.8, 4) is 0 Å². The maximum absolute atomic E-state index is 10.4. The molecule has 0 aliphatic carbocycles. The second-order valence-corrected chi connectivity index (χ2v) is 1.75. The molecule has 1 unspecified atom stereocenters. The summed E-state index contributed by atoms with van der Waals surface area (Å²) in [4.78, 5) is 20.5. The van der Waals surface area contributed by atoms with Gasteiger partial charge >= 0.3 is 13.7 Å². The lowest BCUT2D eigenvalue weighted by Crippen LogP contribution is -2.35. The third-order valence-electron chi connectivity index (χ3n) is 1.03. The smallest absolute Gasteiger partial charge is 0.511 e. The summed E-state index contributed by atoms with van der Waals surface area (Å²) in [5, 5.41) is 8.30. The zero-order valence-corrected chi connectivity index (χ0v) is 4.94. The molecule has 0 aromatic heterocycles. The summed E-state index contributed by atoms with van der Waals surface area (Å²) in [5.74, 6) is -1.74. The van der Waals surface area contributed by atoms with Crippen LogP contribution in [0.2, 0.25) is 0 Å². The maximum Gasteiger partial charge on any atom is 0.574 e. The van der Waals surface area contributed by atoms with E-state index in [1.165, 1.54) is 0 Å². The summed E-state index contributed by atoms with van der Waals surface area (Å²) in [7, 11) is 0.741. The number of hydrogen-bond acceptors (Lipinski definition) is 4. The standard InChI is InChI=1S/C4H4BO5/c6-3-1-2(4(7)8)9-5-10-3/h2H,1H2,(H,7,8). The van der Waals surface area contributed by atoms with Crippen molar-refractivity contribution < 1.29 is 24.0 Å². The Morgan fingerprint density at radius 3 is 2.90 bits per heavy atom. The molecular formula is C4H4BO5. The van der Waals surface area contributed by atoms with Gasteiger partial charge < -0.3 is 14.4 Å². The molecule has 1 atom stereocenters. The fourth-order valence-corrected chi connectivity index (χ4v) is 0.542. The quantitative estimate of drug-likeness (QED) is 0.473. The molecule has 0 aromatic rings. The van der Waals surface area contributed by atoms with Gasteiger partial charge in [0.05, 0.1) is 6.42 Å². The van der Waals surface area contributed by atoms with Crippen LogP contribution in [-0.4, -0.2) is 30.8 Å². The predicted molar refractivity (Wildman–Crippen MR) is 29.0 cm³/mol. The zero-order valence-electron chi connectivity index (χ0n) is 4.94. The number of aliphatic carboxylic acids is 1. The van der Waals surface area contributed by atoms with Crippen LogP contribution in [0.15, 0.2) is 0 Å². The molecule has 1 rings (SSSR count). The van der Waals surface area contributed by atoms with Crippen molar-refractivity contribution in [2.75, 3.05) is 0 Å². The van der Waals surface area contributed by atoms with Crippen molar-refractivity contribution in [2.24, 2.45) is 0 Å². The largest absolute Gasteiger partial charge is 0.574 e. The normalized spacial score (nSPS) is 24.8. The summed E-state index contributed by atoms with van der Waals surface area (Å²) in [6.07, 6.45) is -1.31. The average molecular weight is 143 g/mol. The Labute approximate surface area is 57.2 Å². The topological polar surface area (TPSA) is 72.8 Å². The van der Waals surface area contributed by atoms with Crippen LogP contribution < -0.4 is 0 Å². The molecule has 10 heavy (non-hydrogen) atoms. The van der Waals surface area contributed by atoms with Crippen molar-refractivity contribution in [3.63, 3.8) is 0 Å². The van der Waals surface area contributed by atoms with Crippen LogP contribution in [-0.2, 0) is 18.9 Å². The predicted octanol–water partition coefficient (Wildman–Crippen LogP) is -1.06. The number of carboxylic acids is 1. The Bertz CT molecular complexity index is 165. The first-order valence-corrected chi connectivity index (χ1v) is 2.59. The van der Waals surface area contributed by atoms with E-state index in [-0.39, 0.29) is 6.42 Å². The Morgan fingerprint density at radius 1 is 1.80 bits per heavy atom. The third kappa shape index (κ3) is 1.47. The van der Waals surface area contributed by atoms with Crippen molar-refractivity contribution in [1.82, 2.24) is 0 Å². The molecule has 0 amide bonds. The fourth-order valence-electron chi connectivity index (χ4n) is 0.542. The summed E-state index contributed by atoms with van der Waals surface area (Å²) in [6.45, 7) is 0. The minimum absolute atomic E-state index is 0.230. The minimum atomic E-state index is -1.16. The van der Waals surface area contributed by atoms with Crippen LogP contribution in [0.25, 0.3) is 0 Å². The molecule has 1 aliphatic rings. The molecular weight excluding hydrogens is 139 g/mol. The van der Waals surface area contributed by atoms with E-state index >= 15 is 0 Å². The molecule has 0 spiro atoms. The highest BCUT2D eigenvalue weighted by molar-refractivity contribution is 6.24. The van der Waals surface area contributed by atoms with Gasteiger partial charge in [0.15, 0.2) is 6.10 Å². The number of hydrogen-bond donors (Lipinski definition) is 1. The summed E-state index contributed by atoms with van der Waals surface area (Å²) in [6, 6.07) is 0. The van der Waals surface area contributed by atoms with Gasteiger partial charge in [-0.1, -0.05) is 0 Å². The molecule has 0 bridgehead atoms. The van der Waals surface area contributed by atoms with E-state index in [1.54, 1.807) is 0 Å². The van der Waals surface area contributed by atoms with E-state index in [4.69, 9.17) is 5.11 Å². The lowest BCUT2D eigenvalue weighted by atomic mass is 10.2.